The Morgan fingerprint density at radius 1 is 1.50 bits per heavy atom. The molecule has 1 fully saturated rings. The van der Waals surface area contributed by atoms with Crippen LogP contribution in [0.3, 0.4) is 0 Å². The molecule has 2 aromatic heterocycles. The number of hydrogen-bond donors (Lipinski definition) is 1. The molecule has 2 unspecified atom stereocenters. The zero-order chi connectivity index (χ0) is 18.9. The monoisotopic (exact) mass is 509 g/mol. The predicted octanol–water partition coefficient (Wildman–Crippen LogP) is 4.37. The first-order valence-electron chi connectivity index (χ1n) is 8.42. The fraction of sp³-hybridized carbons (Fsp3) is 0.562. The highest BCUT2D eigenvalue weighted by molar-refractivity contribution is 14.2. The van der Waals surface area contributed by atoms with E-state index in [1.54, 1.807) is 6.20 Å². The molecular weight excluding hydrogens is 488 g/mol. The van der Waals surface area contributed by atoms with Crippen molar-refractivity contribution in [2.75, 3.05) is 18.0 Å². The molecule has 0 aromatic carbocycles. The van der Waals surface area contributed by atoms with Gasteiger partial charge in [-0.3, -0.25) is 0 Å². The van der Waals surface area contributed by atoms with Gasteiger partial charge in [0, 0.05) is 31.4 Å². The molecule has 1 N–H and O–H groups in total. The summed E-state index contributed by atoms with van der Waals surface area (Å²) in [6, 6.07) is 1.88. The number of halogens is 2. The van der Waals surface area contributed by atoms with Gasteiger partial charge >= 0.3 is 6.09 Å². The number of hydrogen-bond acceptors (Lipinski definition) is 5. The first-order valence-corrected chi connectivity index (χ1v) is 12.9. The topological polar surface area (TPSA) is 72.3 Å². The van der Waals surface area contributed by atoms with Crippen LogP contribution in [0.4, 0.5) is 10.6 Å². The third-order valence-corrected chi connectivity index (χ3v) is 6.11. The number of fused-ring (bicyclic) bond motifs is 1. The fourth-order valence-electron chi connectivity index (χ4n) is 3.03. The maximum atomic E-state index is 12.1. The summed E-state index contributed by atoms with van der Waals surface area (Å²) in [7, 11) is 0. The summed E-state index contributed by atoms with van der Waals surface area (Å²) in [4.78, 5) is 18.5. The Labute approximate surface area is 172 Å². The lowest BCUT2D eigenvalue weighted by molar-refractivity contribution is 0.0500. The van der Waals surface area contributed by atoms with E-state index in [0.717, 1.165) is 36.1 Å². The second-order valence-electron chi connectivity index (χ2n) is 7.28. The van der Waals surface area contributed by atoms with Crippen LogP contribution in [0.25, 0.3) is 10.9 Å². The number of nitrogens with one attached hydrogen (secondary N) is 1. The summed E-state index contributed by atoms with van der Waals surface area (Å²) >= 11 is 8.35. The molecule has 2 atom stereocenters. The predicted molar refractivity (Wildman–Crippen MR) is 115 cm³/mol. The molecule has 0 spiro atoms. The normalized spacial score (nSPS) is 18.7. The van der Waals surface area contributed by atoms with Crippen molar-refractivity contribution in [3.63, 3.8) is 0 Å². The van der Waals surface area contributed by atoms with Gasteiger partial charge in [0.2, 0.25) is 0 Å². The van der Waals surface area contributed by atoms with Crippen LogP contribution in [-0.4, -0.2) is 45.4 Å². The van der Waals surface area contributed by atoms with E-state index in [0.29, 0.717) is 18.1 Å². The zero-order valence-electron chi connectivity index (χ0n) is 14.9. The van der Waals surface area contributed by atoms with E-state index in [1.165, 1.54) is 0 Å². The van der Waals surface area contributed by atoms with Gasteiger partial charge in [0.1, 0.15) is 10.8 Å². The SMILES string of the molecule is CC(C)(C)OC(=O)NC1CCCN(c2nn(PI)c3cc(Cl)ncc23)C1. The molecule has 10 heteroatoms. The van der Waals surface area contributed by atoms with Crippen LogP contribution in [0, 0.1) is 0 Å². The minimum atomic E-state index is -0.500. The van der Waals surface area contributed by atoms with Gasteiger partial charge < -0.3 is 15.0 Å². The number of carbonyl (C=O) groups excluding carboxylic acids is 1. The number of alkyl carbamates (subject to hydrolysis) is 1. The molecule has 0 radical (unpaired) electrons. The summed E-state index contributed by atoms with van der Waals surface area (Å²) < 4.78 is 7.32. The van der Waals surface area contributed by atoms with E-state index >= 15 is 0 Å². The first-order chi connectivity index (χ1) is 12.3. The van der Waals surface area contributed by atoms with Crippen LogP contribution in [0.15, 0.2) is 12.3 Å². The number of rotatable bonds is 3. The molecule has 3 rings (SSSR count). The van der Waals surface area contributed by atoms with Crippen LogP contribution in [0.2, 0.25) is 5.15 Å². The molecule has 7 nitrogen and oxygen atoms in total. The number of nitrogens with zero attached hydrogens (tertiary/aromatic N) is 4. The molecule has 0 aliphatic carbocycles. The van der Waals surface area contributed by atoms with Crippen molar-refractivity contribution in [1.29, 1.82) is 0 Å². The lowest BCUT2D eigenvalue weighted by Gasteiger charge is -2.33. The van der Waals surface area contributed by atoms with Crippen molar-refractivity contribution >= 4 is 62.8 Å². The second-order valence-corrected chi connectivity index (χ2v) is 9.70. The van der Waals surface area contributed by atoms with Gasteiger partial charge in [-0.1, -0.05) is 11.6 Å². The van der Waals surface area contributed by atoms with Gasteiger partial charge in [0.05, 0.1) is 17.3 Å². The molecule has 0 saturated carbocycles. The van der Waals surface area contributed by atoms with E-state index in [2.05, 4.69) is 37.2 Å². The fourth-order valence-corrected chi connectivity index (χ4v) is 4.69. The van der Waals surface area contributed by atoms with Crippen molar-refractivity contribution in [2.45, 2.75) is 45.3 Å². The number of amides is 1. The van der Waals surface area contributed by atoms with Crippen molar-refractivity contribution in [1.82, 2.24) is 19.9 Å². The Balaban J connectivity index is 1.78. The zero-order valence-corrected chi connectivity index (χ0v) is 18.8. The Morgan fingerprint density at radius 3 is 2.96 bits per heavy atom. The van der Waals surface area contributed by atoms with Crippen molar-refractivity contribution in [2.24, 2.45) is 0 Å². The first kappa shape index (κ1) is 19.9. The Kier molecular flexibility index (Phi) is 6.14. The van der Waals surface area contributed by atoms with E-state index in [4.69, 9.17) is 21.4 Å². The number of aromatic nitrogens is 3. The minimum Gasteiger partial charge on any atom is -0.444 e. The van der Waals surface area contributed by atoms with Gasteiger partial charge in [-0.2, -0.15) is 0 Å². The third-order valence-electron chi connectivity index (χ3n) is 4.03. The summed E-state index contributed by atoms with van der Waals surface area (Å²) in [5, 5.41) is 9.17. The highest BCUT2D eigenvalue weighted by atomic mass is 127. The lowest BCUT2D eigenvalue weighted by atomic mass is 10.1. The molecule has 142 valence electrons. The smallest absolute Gasteiger partial charge is 0.407 e. The molecule has 1 aliphatic heterocycles. The van der Waals surface area contributed by atoms with Gasteiger partial charge in [-0.25, -0.2) is 14.2 Å². The number of carbonyl (C=O) groups is 1. The number of piperidine rings is 1. The molecule has 1 amide bonds. The van der Waals surface area contributed by atoms with Crippen molar-refractivity contribution in [3.05, 3.63) is 17.4 Å². The second kappa shape index (κ2) is 8.02. The molecule has 26 heavy (non-hydrogen) atoms. The molecule has 3 heterocycles. The Bertz CT molecular complexity index is 810. The van der Waals surface area contributed by atoms with E-state index < -0.39 is 5.60 Å². The van der Waals surface area contributed by atoms with Gasteiger partial charge in [-0.05, 0) is 55.7 Å². The summed E-state index contributed by atoms with van der Waals surface area (Å²) in [5.74, 6) is 0.893. The van der Waals surface area contributed by atoms with Crippen LogP contribution in [0.1, 0.15) is 33.6 Å². The molecule has 2 aromatic rings. The number of ether oxygens (including phenoxy) is 1. The van der Waals surface area contributed by atoms with Crippen LogP contribution in [0.5, 0.6) is 0 Å². The van der Waals surface area contributed by atoms with E-state index in [9.17, 15) is 4.79 Å². The van der Waals surface area contributed by atoms with Crippen LogP contribution >= 0.6 is 40.0 Å². The van der Waals surface area contributed by atoms with Crippen LogP contribution in [-0.2, 0) is 4.74 Å². The van der Waals surface area contributed by atoms with E-state index in [1.807, 2.05) is 31.3 Å². The Morgan fingerprint density at radius 2 is 2.27 bits per heavy atom. The van der Waals surface area contributed by atoms with Gasteiger partial charge in [-0.15, -0.1) is 5.10 Å². The average Bonchev–Trinajstić information content (AvgIpc) is 2.91. The quantitative estimate of drug-likeness (QED) is 0.378. The van der Waals surface area contributed by atoms with Gasteiger partial charge in [0.15, 0.2) is 5.82 Å². The van der Waals surface area contributed by atoms with Gasteiger partial charge in [0.25, 0.3) is 0 Å². The maximum absolute atomic E-state index is 12.1. The van der Waals surface area contributed by atoms with E-state index in [-0.39, 0.29) is 12.1 Å². The summed E-state index contributed by atoms with van der Waals surface area (Å²) in [6.07, 6.45) is 3.77. The largest absolute Gasteiger partial charge is 0.444 e. The maximum Gasteiger partial charge on any atom is 0.407 e. The molecular formula is C16H22ClIN5O2P. The minimum absolute atomic E-state index is 0.0288. The molecule has 1 saturated heterocycles. The standard InChI is InChI=1S/C16H22ClIN5O2P/c1-16(2,3)25-15(24)20-10-5-4-6-22(9-10)14-11-8-19-13(17)7-12(11)23(21-14)26-18/h7-8,10,26H,4-6,9H2,1-3H3,(H,20,24). The number of anilines is 1. The van der Waals surface area contributed by atoms with Crippen LogP contribution < -0.4 is 10.2 Å². The number of pyridine rings is 1. The highest BCUT2D eigenvalue weighted by Gasteiger charge is 2.27. The van der Waals surface area contributed by atoms with Crippen molar-refractivity contribution < 1.29 is 9.53 Å². The lowest BCUT2D eigenvalue weighted by Crippen LogP contribution is -2.49. The summed E-state index contributed by atoms with van der Waals surface area (Å²) in [6.45, 7) is 7.17. The Hall–Kier alpha value is -0.860. The molecule has 1 aliphatic rings. The highest BCUT2D eigenvalue weighted by Crippen LogP contribution is 2.35. The van der Waals surface area contributed by atoms with Crippen molar-refractivity contribution in [3.8, 4) is 0 Å². The third kappa shape index (κ3) is 4.70. The molecule has 0 bridgehead atoms. The summed E-state index contributed by atoms with van der Waals surface area (Å²) in [5.41, 5.74) is 0.481. The average molecular weight is 510 g/mol.